The SMILES string of the molecule is N=C(N)c1ccc(N2CCc3ccccc3C2)c(Cl)c1. The zero-order valence-electron chi connectivity index (χ0n) is 11.1. The quantitative estimate of drug-likeness (QED) is 0.658. The van der Waals surface area contributed by atoms with E-state index in [9.17, 15) is 0 Å². The van der Waals surface area contributed by atoms with Crippen molar-refractivity contribution >= 4 is 23.1 Å². The van der Waals surface area contributed by atoms with E-state index < -0.39 is 0 Å². The van der Waals surface area contributed by atoms with Crippen LogP contribution in [0.2, 0.25) is 5.02 Å². The number of benzene rings is 2. The van der Waals surface area contributed by atoms with E-state index in [-0.39, 0.29) is 5.84 Å². The van der Waals surface area contributed by atoms with Crippen LogP contribution in [0.15, 0.2) is 42.5 Å². The van der Waals surface area contributed by atoms with Gasteiger partial charge in [-0.25, -0.2) is 0 Å². The second kappa shape index (κ2) is 5.17. The third kappa shape index (κ3) is 2.37. The lowest BCUT2D eigenvalue weighted by molar-refractivity contribution is 0.732. The maximum atomic E-state index is 7.45. The number of nitrogens with one attached hydrogen (secondary N) is 1. The smallest absolute Gasteiger partial charge is 0.122 e. The fourth-order valence-corrected chi connectivity index (χ4v) is 2.93. The van der Waals surface area contributed by atoms with Crippen LogP contribution >= 0.6 is 11.6 Å². The average Bonchev–Trinajstić information content (AvgIpc) is 2.46. The van der Waals surface area contributed by atoms with Crippen LogP contribution in [0, 0.1) is 5.41 Å². The first-order chi connectivity index (χ1) is 9.65. The van der Waals surface area contributed by atoms with Crippen molar-refractivity contribution in [2.45, 2.75) is 13.0 Å². The van der Waals surface area contributed by atoms with Gasteiger partial charge in [0.05, 0.1) is 10.7 Å². The summed E-state index contributed by atoms with van der Waals surface area (Å²) in [6.45, 7) is 1.82. The second-order valence-electron chi connectivity index (χ2n) is 5.02. The summed E-state index contributed by atoms with van der Waals surface area (Å²) < 4.78 is 0. The predicted molar refractivity (Wildman–Crippen MR) is 83.7 cm³/mol. The molecule has 20 heavy (non-hydrogen) atoms. The highest BCUT2D eigenvalue weighted by Crippen LogP contribution is 2.31. The molecule has 0 saturated heterocycles. The fourth-order valence-electron chi connectivity index (χ4n) is 2.63. The topological polar surface area (TPSA) is 53.1 Å². The van der Waals surface area contributed by atoms with E-state index in [0.717, 1.165) is 25.2 Å². The third-order valence-corrected chi connectivity index (χ3v) is 4.03. The molecule has 0 atom stereocenters. The lowest BCUT2D eigenvalue weighted by Crippen LogP contribution is -2.30. The lowest BCUT2D eigenvalue weighted by atomic mass is 9.99. The second-order valence-corrected chi connectivity index (χ2v) is 5.43. The molecule has 2 aromatic carbocycles. The minimum Gasteiger partial charge on any atom is -0.384 e. The van der Waals surface area contributed by atoms with Crippen LogP contribution in [0.1, 0.15) is 16.7 Å². The summed E-state index contributed by atoms with van der Waals surface area (Å²) in [5.74, 6) is 0.0439. The maximum absolute atomic E-state index is 7.45. The number of hydrogen-bond acceptors (Lipinski definition) is 2. The number of rotatable bonds is 2. The van der Waals surface area contributed by atoms with Crippen LogP contribution in [-0.4, -0.2) is 12.4 Å². The maximum Gasteiger partial charge on any atom is 0.122 e. The normalized spacial score (nSPS) is 13.9. The molecule has 2 aromatic rings. The minimum absolute atomic E-state index is 0.0439. The summed E-state index contributed by atoms with van der Waals surface area (Å²) in [6.07, 6.45) is 1.03. The Morgan fingerprint density at radius 2 is 1.90 bits per heavy atom. The van der Waals surface area contributed by atoms with Crippen LogP contribution in [0.25, 0.3) is 0 Å². The molecule has 0 saturated carbocycles. The molecule has 0 fully saturated rings. The first-order valence-corrected chi connectivity index (χ1v) is 6.98. The molecule has 102 valence electrons. The number of hydrogen-bond donors (Lipinski definition) is 2. The van der Waals surface area contributed by atoms with Gasteiger partial charge in [0.15, 0.2) is 0 Å². The number of nitrogens with two attached hydrogens (primary N) is 1. The van der Waals surface area contributed by atoms with E-state index in [2.05, 4.69) is 29.2 Å². The van der Waals surface area contributed by atoms with Gasteiger partial charge in [0.25, 0.3) is 0 Å². The molecular formula is C16H16ClN3. The van der Waals surface area contributed by atoms with E-state index >= 15 is 0 Å². The van der Waals surface area contributed by atoms with Gasteiger partial charge in [-0.1, -0.05) is 35.9 Å². The number of halogens is 1. The first kappa shape index (κ1) is 13.0. The molecular weight excluding hydrogens is 270 g/mol. The molecule has 0 radical (unpaired) electrons. The standard InChI is InChI=1S/C16H16ClN3/c17-14-9-12(16(18)19)5-6-15(14)20-8-7-11-3-1-2-4-13(11)10-20/h1-6,9H,7-8,10H2,(H3,18,19). The molecule has 0 aliphatic carbocycles. The summed E-state index contributed by atoms with van der Waals surface area (Å²) in [5, 5.41) is 8.10. The van der Waals surface area contributed by atoms with Crippen LogP contribution in [-0.2, 0) is 13.0 Å². The summed E-state index contributed by atoms with van der Waals surface area (Å²) in [6, 6.07) is 14.1. The largest absolute Gasteiger partial charge is 0.384 e. The Bertz CT molecular complexity index is 667. The third-order valence-electron chi connectivity index (χ3n) is 3.73. The summed E-state index contributed by atoms with van der Waals surface area (Å²) in [7, 11) is 0. The average molecular weight is 286 g/mol. The molecule has 0 amide bonds. The Hall–Kier alpha value is -2.00. The zero-order chi connectivity index (χ0) is 14.1. The monoisotopic (exact) mass is 285 g/mol. The van der Waals surface area contributed by atoms with E-state index in [1.165, 1.54) is 11.1 Å². The van der Waals surface area contributed by atoms with Gasteiger partial charge in [0, 0.05) is 18.7 Å². The highest BCUT2D eigenvalue weighted by Gasteiger charge is 2.18. The Balaban J connectivity index is 1.90. The van der Waals surface area contributed by atoms with E-state index in [0.29, 0.717) is 10.6 Å². The molecule has 3 nitrogen and oxygen atoms in total. The molecule has 0 bridgehead atoms. The molecule has 3 rings (SSSR count). The molecule has 1 aliphatic rings. The van der Waals surface area contributed by atoms with Gasteiger partial charge in [-0.2, -0.15) is 0 Å². The van der Waals surface area contributed by atoms with Gasteiger partial charge in [-0.15, -0.1) is 0 Å². The van der Waals surface area contributed by atoms with Crippen molar-refractivity contribution in [2.75, 3.05) is 11.4 Å². The molecule has 0 spiro atoms. The number of amidine groups is 1. The van der Waals surface area contributed by atoms with E-state index in [4.69, 9.17) is 22.7 Å². The van der Waals surface area contributed by atoms with Gasteiger partial charge in [0.2, 0.25) is 0 Å². The summed E-state index contributed by atoms with van der Waals surface area (Å²) >= 11 is 6.34. The lowest BCUT2D eigenvalue weighted by Gasteiger charge is -2.31. The van der Waals surface area contributed by atoms with Gasteiger partial charge in [-0.05, 0) is 35.7 Å². The molecule has 0 aromatic heterocycles. The van der Waals surface area contributed by atoms with Gasteiger partial charge in [0.1, 0.15) is 5.84 Å². The van der Waals surface area contributed by atoms with Crippen molar-refractivity contribution in [3.8, 4) is 0 Å². The van der Waals surface area contributed by atoms with Crippen molar-refractivity contribution in [3.63, 3.8) is 0 Å². The minimum atomic E-state index is 0.0439. The van der Waals surface area contributed by atoms with Gasteiger partial charge >= 0.3 is 0 Å². The van der Waals surface area contributed by atoms with Crippen molar-refractivity contribution < 1.29 is 0 Å². The molecule has 0 unspecified atom stereocenters. The van der Waals surface area contributed by atoms with Crippen LogP contribution < -0.4 is 10.6 Å². The molecule has 3 N–H and O–H groups in total. The number of nitrogen functional groups attached to an aromatic ring is 1. The van der Waals surface area contributed by atoms with E-state index in [1.807, 2.05) is 12.1 Å². The van der Waals surface area contributed by atoms with Crippen molar-refractivity contribution in [2.24, 2.45) is 5.73 Å². The van der Waals surface area contributed by atoms with Crippen molar-refractivity contribution in [3.05, 3.63) is 64.2 Å². The van der Waals surface area contributed by atoms with Gasteiger partial charge < -0.3 is 10.6 Å². The van der Waals surface area contributed by atoms with Crippen LogP contribution in [0.4, 0.5) is 5.69 Å². The highest BCUT2D eigenvalue weighted by molar-refractivity contribution is 6.33. The van der Waals surface area contributed by atoms with Gasteiger partial charge in [-0.3, -0.25) is 5.41 Å². The fraction of sp³-hybridized carbons (Fsp3) is 0.188. The van der Waals surface area contributed by atoms with Crippen molar-refractivity contribution in [1.82, 2.24) is 0 Å². The summed E-state index contributed by atoms with van der Waals surface area (Å²) in [4.78, 5) is 2.27. The number of fused-ring (bicyclic) bond motifs is 1. The predicted octanol–water partition coefficient (Wildman–Crippen LogP) is 3.19. The Morgan fingerprint density at radius 3 is 2.60 bits per heavy atom. The molecule has 4 heteroatoms. The highest BCUT2D eigenvalue weighted by atomic mass is 35.5. The zero-order valence-corrected chi connectivity index (χ0v) is 11.8. The Morgan fingerprint density at radius 1 is 1.15 bits per heavy atom. The van der Waals surface area contributed by atoms with Crippen LogP contribution in [0.5, 0.6) is 0 Å². The Kier molecular flexibility index (Phi) is 3.36. The van der Waals surface area contributed by atoms with E-state index in [1.54, 1.807) is 6.07 Å². The number of nitrogens with zero attached hydrogens (tertiary/aromatic N) is 1. The molecule has 1 aliphatic heterocycles. The van der Waals surface area contributed by atoms with Crippen LogP contribution in [0.3, 0.4) is 0 Å². The van der Waals surface area contributed by atoms with Crippen molar-refractivity contribution in [1.29, 1.82) is 5.41 Å². The molecule has 1 heterocycles. The number of anilines is 1. The Labute approximate surface area is 123 Å². The first-order valence-electron chi connectivity index (χ1n) is 6.61. The summed E-state index contributed by atoms with van der Waals surface area (Å²) in [5.41, 5.74) is 9.92.